The summed E-state index contributed by atoms with van der Waals surface area (Å²) >= 11 is 1.24. The van der Waals surface area contributed by atoms with Crippen LogP contribution in [0.5, 0.6) is 0 Å². The topological polar surface area (TPSA) is 72.4 Å². The molecule has 1 atom stereocenters. The molecule has 0 N–H and O–H groups in total. The van der Waals surface area contributed by atoms with E-state index in [1.165, 1.54) is 11.8 Å². The molecule has 2 aromatic carbocycles. The molecule has 0 radical (unpaired) electrons. The van der Waals surface area contributed by atoms with E-state index in [1.807, 2.05) is 54.6 Å². The van der Waals surface area contributed by atoms with Gasteiger partial charge in [0.1, 0.15) is 5.03 Å². The zero-order valence-corrected chi connectivity index (χ0v) is 16.6. The van der Waals surface area contributed by atoms with Crippen molar-refractivity contribution in [3.63, 3.8) is 0 Å². The fourth-order valence-corrected chi connectivity index (χ4v) is 3.29. The lowest BCUT2D eigenvalue weighted by molar-refractivity contribution is -0.156. The van der Waals surface area contributed by atoms with E-state index in [2.05, 4.69) is 9.97 Å². The molecule has 0 fully saturated rings. The number of hydrogen-bond acceptors (Lipinski definition) is 6. The molecular weight excluding hydrogens is 374 g/mol. The predicted octanol–water partition coefficient (Wildman–Crippen LogP) is 3.31. The Hall–Kier alpha value is -2.93. The highest BCUT2D eigenvalue weighted by atomic mass is 32.2. The molecule has 7 heteroatoms. The number of amides is 1. The number of nitrogens with zero attached hydrogens (tertiary/aromatic N) is 3. The summed E-state index contributed by atoms with van der Waals surface area (Å²) < 4.78 is 5.28. The summed E-state index contributed by atoms with van der Waals surface area (Å²) in [4.78, 5) is 34.9. The minimum atomic E-state index is -0.843. The van der Waals surface area contributed by atoms with Gasteiger partial charge in [-0.05, 0) is 24.6 Å². The third-order valence-electron chi connectivity index (χ3n) is 4.06. The normalized spacial score (nSPS) is 11.8. The molecule has 1 amide bonds. The van der Waals surface area contributed by atoms with Crippen LogP contribution in [0.15, 0.2) is 65.8 Å². The van der Waals surface area contributed by atoms with E-state index in [9.17, 15) is 9.59 Å². The number of aromatic nitrogens is 2. The van der Waals surface area contributed by atoms with Gasteiger partial charge >= 0.3 is 5.97 Å². The number of carbonyl (C=O) groups excluding carboxylic acids is 2. The molecule has 3 rings (SSSR count). The van der Waals surface area contributed by atoms with Gasteiger partial charge in [0.15, 0.2) is 6.10 Å². The quantitative estimate of drug-likeness (QED) is 0.451. The van der Waals surface area contributed by atoms with Crippen molar-refractivity contribution in [3.05, 3.63) is 66.4 Å². The molecule has 0 spiro atoms. The van der Waals surface area contributed by atoms with Gasteiger partial charge in [0.25, 0.3) is 5.91 Å². The lowest BCUT2D eigenvalue weighted by atomic mass is 10.2. The molecule has 28 heavy (non-hydrogen) atoms. The lowest BCUT2D eigenvalue weighted by Crippen LogP contribution is -2.37. The highest BCUT2D eigenvalue weighted by Crippen LogP contribution is 2.18. The van der Waals surface area contributed by atoms with E-state index in [4.69, 9.17) is 4.74 Å². The van der Waals surface area contributed by atoms with Crippen LogP contribution in [0, 0.1) is 0 Å². The van der Waals surface area contributed by atoms with Crippen molar-refractivity contribution in [1.82, 2.24) is 14.9 Å². The summed E-state index contributed by atoms with van der Waals surface area (Å²) in [5.74, 6) is -0.644. The second-order valence-corrected chi connectivity index (χ2v) is 7.29. The number of benzene rings is 2. The first kappa shape index (κ1) is 19.8. The van der Waals surface area contributed by atoms with Gasteiger partial charge in [0.05, 0.1) is 23.0 Å². The number of likely N-dealkylation sites (N-methyl/N-ethyl adjacent to an activating group) is 1. The summed E-state index contributed by atoms with van der Waals surface area (Å²) in [5.41, 5.74) is 2.59. The van der Waals surface area contributed by atoms with Crippen molar-refractivity contribution >= 4 is 34.7 Å². The Bertz CT molecular complexity index is 965. The molecule has 1 unspecified atom stereocenters. The number of carbonyl (C=O) groups is 2. The van der Waals surface area contributed by atoms with Gasteiger partial charge in [-0.2, -0.15) is 0 Å². The predicted molar refractivity (Wildman–Crippen MR) is 109 cm³/mol. The molecule has 1 heterocycles. The second-order valence-electron chi connectivity index (χ2n) is 6.30. The highest BCUT2D eigenvalue weighted by molar-refractivity contribution is 7.99. The van der Waals surface area contributed by atoms with Crippen LogP contribution in [0.25, 0.3) is 11.0 Å². The molecule has 6 nitrogen and oxygen atoms in total. The Balaban J connectivity index is 1.49. The summed E-state index contributed by atoms with van der Waals surface area (Å²) in [6.07, 6.45) is 0.784. The highest BCUT2D eigenvalue weighted by Gasteiger charge is 2.21. The number of ether oxygens (including phenoxy) is 1. The summed E-state index contributed by atoms with van der Waals surface area (Å²) in [6.45, 7) is 2.05. The number of esters is 1. The summed E-state index contributed by atoms with van der Waals surface area (Å²) in [6, 6.07) is 17.2. The lowest BCUT2D eigenvalue weighted by Gasteiger charge is -2.21. The van der Waals surface area contributed by atoms with E-state index in [1.54, 1.807) is 25.1 Å². The molecule has 0 aliphatic carbocycles. The largest absolute Gasteiger partial charge is 0.452 e. The summed E-state index contributed by atoms with van der Waals surface area (Å²) in [5, 5.41) is 0.635. The molecule has 3 aromatic rings. The number of rotatable bonds is 7. The number of hydrogen-bond donors (Lipinski definition) is 0. The first-order chi connectivity index (χ1) is 13.5. The van der Waals surface area contributed by atoms with Crippen LogP contribution in [0.4, 0.5) is 0 Å². The van der Waals surface area contributed by atoms with Crippen LogP contribution in [-0.4, -0.2) is 45.6 Å². The van der Waals surface area contributed by atoms with Gasteiger partial charge < -0.3 is 9.64 Å². The van der Waals surface area contributed by atoms with Crippen LogP contribution in [0.1, 0.15) is 12.5 Å². The van der Waals surface area contributed by atoms with Crippen LogP contribution in [0.2, 0.25) is 0 Å². The maximum atomic E-state index is 12.4. The van der Waals surface area contributed by atoms with E-state index < -0.39 is 12.1 Å². The zero-order valence-electron chi connectivity index (χ0n) is 15.7. The Morgan fingerprint density at radius 3 is 2.50 bits per heavy atom. The van der Waals surface area contributed by atoms with Gasteiger partial charge in [-0.15, -0.1) is 0 Å². The van der Waals surface area contributed by atoms with Crippen LogP contribution in [-0.2, 0) is 20.9 Å². The number of para-hydroxylation sites is 2. The van der Waals surface area contributed by atoms with E-state index in [-0.39, 0.29) is 11.7 Å². The molecule has 0 saturated heterocycles. The standard InChI is InChI=1S/C21H21N3O3S/c1-15(21(26)24(2)13-16-8-4-3-5-9-16)27-20(25)14-28-19-12-22-17-10-6-7-11-18(17)23-19/h3-12,15H,13-14H2,1-2H3. The van der Waals surface area contributed by atoms with E-state index >= 15 is 0 Å². The van der Waals surface area contributed by atoms with Crippen molar-refractivity contribution in [2.24, 2.45) is 0 Å². The third-order valence-corrected chi connectivity index (χ3v) is 4.93. The average Bonchev–Trinajstić information content (AvgIpc) is 2.72. The average molecular weight is 395 g/mol. The summed E-state index contributed by atoms with van der Waals surface area (Å²) in [7, 11) is 1.69. The third kappa shape index (κ3) is 5.29. The monoisotopic (exact) mass is 395 g/mol. The van der Waals surface area contributed by atoms with Gasteiger partial charge in [0.2, 0.25) is 0 Å². The Kier molecular flexibility index (Phi) is 6.60. The van der Waals surface area contributed by atoms with Crippen molar-refractivity contribution in [1.29, 1.82) is 0 Å². The van der Waals surface area contributed by atoms with Gasteiger partial charge in [0, 0.05) is 13.6 Å². The van der Waals surface area contributed by atoms with Crippen molar-refractivity contribution in [2.45, 2.75) is 24.6 Å². The Morgan fingerprint density at radius 2 is 1.75 bits per heavy atom. The van der Waals surface area contributed by atoms with E-state index in [0.717, 1.165) is 16.6 Å². The molecule has 0 aliphatic rings. The van der Waals surface area contributed by atoms with Gasteiger partial charge in [-0.3, -0.25) is 14.6 Å². The number of fused-ring (bicyclic) bond motifs is 1. The van der Waals surface area contributed by atoms with Gasteiger partial charge in [-0.1, -0.05) is 54.2 Å². The fraction of sp³-hybridized carbons (Fsp3) is 0.238. The molecule has 144 valence electrons. The van der Waals surface area contributed by atoms with Gasteiger partial charge in [-0.25, -0.2) is 4.98 Å². The molecule has 0 saturated carbocycles. The SMILES string of the molecule is CC(OC(=O)CSc1cnc2ccccc2n1)C(=O)N(C)Cc1ccccc1. The van der Waals surface area contributed by atoms with Crippen molar-refractivity contribution < 1.29 is 14.3 Å². The van der Waals surface area contributed by atoms with Crippen molar-refractivity contribution in [3.8, 4) is 0 Å². The number of thioether (sulfide) groups is 1. The molecule has 0 bridgehead atoms. The zero-order chi connectivity index (χ0) is 19.9. The molecule has 0 aliphatic heterocycles. The second kappa shape index (κ2) is 9.32. The minimum absolute atomic E-state index is 0.0625. The minimum Gasteiger partial charge on any atom is -0.452 e. The first-order valence-electron chi connectivity index (χ1n) is 8.86. The molecular formula is C21H21N3O3S. The maximum absolute atomic E-state index is 12.4. The Labute approximate surface area is 167 Å². The van der Waals surface area contributed by atoms with Crippen molar-refractivity contribution in [2.75, 3.05) is 12.8 Å². The molecule has 1 aromatic heterocycles. The smallest absolute Gasteiger partial charge is 0.317 e. The van der Waals surface area contributed by atoms with Crippen LogP contribution < -0.4 is 0 Å². The van der Waals surface area contributed by atoms with Crippen LogP contribution in [0.3, 0.4) is 0 Å². The maximum Gasteiger partial charge on any atom is 0.317 e. The Morgan fingerprint density at radius 1 is 1.07 bits per heavy atom. The first-order valence-corrected chi connectivity index (χ1v) is 9.84. The van der Waals surface area contributed by atoms with E-state index in [0.29, 0.717) is 11.6 Å². The fourth-order valence-electron chi connectivity index (χ4n) is 2.67. The van der Waals surface area contributed by atoms with Crippen LogP contribution >= 0.6 is 11.8 Å².